The largest absolute Gasteiger partial charge is 0.334 e. The number of nitrogens with one attached hydrogen (secondary N) is 3. The highest BCUT2D eigenvalue weighted by atomic mass is 16.2. The maximum absolute atomic E-state index is 13.1. The van der Waals surface area contributed by atoms with Crippen LogP contribution in [0.15, 0.2) is 49.2 Å². The summed E-state index contributed by atoms with van der Waals surface area (Å²) in [5, 5.41) is 13.4. The van der Waals surface area contributed by atoms with E-state index in [-0.39, 0.29) is 23.9 Å². The average molecular weight is 421 g/mol. The average Bonchev–Trinajstić information content (AvgIpc) is 3.17. The summed E-state index contributed by atoms with van der Waals surface area (Å²) in [5.74, 6) is -0.0638. The molecule has 0 spiro atoms. The van der Waals surface area contributed by atoms with E-state index in [0.717, 1.165) is 5.69 Å². The van der Waals surface area contributed by atoms with Gasteiger partial charge < -0.3 is 16.0 Å². The molecule has 2 aromatic heterocycles. The van der Waals surface area contributed by atoms with Gasteiger partial charge in [0.15, 0.2) is 5.65 Å². The van der Waals surface area contributed by atoms with Gasteiger partial charge in [0, 0.05) is 29.7 Å². The summed E-state index contributed by atoms with van der Waals surface area (Å²) in [4.78, 5) is 29.6. The first kappa shape index (κ1) is 22.0. The fourth-order valence-electron chi connectivity index (χ4n) is 3.07. The van der Waals surface area contributed by atoms with Gasteiger partial charge in [-0.1, -0.05) is 19.9 Å². The Hall–Kier alpha value is -3.68. The van der Waals surface area contributed by atoms with E-state index in [1.54, 1.807) is 36.5 Å². The molecule has 0 radical (unpaired) electrons. The molecule has 0 unspecified atom stereocenters. The van der Waals surface area contributed by atoms with Crippen LogP contribution in [0.25, 0.3) is 11.0 Å². The van der Waals surface area contributed by atoms with Gasteiger partial charge in [-0.15, -0.1) is 6.58 Å². The summed E-state index contributed by atoms with van der Waals surface area (Å²) in [5.41, 5.74) is 3.31. The van der Waals surface area contributed by atoms with Crippen LogP contribution in [0.1, 0.15) is 55.7 Å². The molecule has 1 aromatic carbocycles. The van der Waals surface area contributed by atoms with Crippen molar-refractivity contribution < 1.29 is 9.59 Å². The molecule has 0 bridgehead atoms. The lowest BCUT2D eigenvalue weighted by molar-refractivity contribution is 0.102. The van der Waals surface area contributed by atoms with Crippen LogP contribution in [-0.4, -0.2) is 33.2 Å². The minimum absolute atomic E-state index is 0.132. The maximum Gasteiger partial charge on any atom is 0.319 e. The summed E-state index contributed by atoms with van der Waals surface area (Å²) in [6.45, 7) is 12.1. The topological polar surface area (TPSA) is 101 Å². The molecular formula is C23H28N6O2. The Kier molecular flexibility index (Phi) is 6.69. The highest BCUT2D eigenvalue weighted by Crippen LogP contribution is 2.25. The Morgan fingerprint density at radius 2 is 1.74 bits per heavy atom. The highest BCUT2D eigenvalue weighted by molar-refractivity contribution is 6.12. The summed E-state index contributed by atoms with van der Waals surface area (Å²) < 4.78 is 1.83. The van der Waals surface area contributed by atoms with E-state index in [9.17, 15) is 9.59 Å². The normalized spacial score (nSPS) is 11.0. The van der Waals surface area contributed by atoms with Crippen LogP contribution in [0.2, 0.25) is 0 Å². The van der Waals surface area contributed by atoms with Crippen LogP contribution in [0, 0.1) is 0 Å². The lowest BCUT2D eigenvalue weighted by Gasteiger charge is -2.13. The molecule has 3 amide bonds. The molecule has 162 valence electrons. The van der Waals surface area contributed by atoms with Crippen LogP contribution < -0.4 is 16.0 Å². The van der Waals surface area contributed by atoms with E-state index >= 15 is 0 Å². The van der Waals surface area contributed by atoms with Crippen LogP contribution in [0.5, 0.6) is 0 Å². The van der Waals surface area contributed by atoms with Crippen molar-refractivity contribution in [1.82, 2.24) is 20.1 Å². The molecule has 0 saturated carbocycles. The number of pyridine rings is 1. The number of aromatic nitrogens is 3. The number of benzene rings is 1. The minimum atomic E-state index is -0.320. The number of amides is 3. The molecule has 0 aliphatic heterocycles. The molecule has 0 saturated heterocycles. The monoisotopic (exact) mass is 420 g/mol. The number of fused-ring (bicyclic) bond motifs is 1. The zero-order chi connectivity index (χ0) is 22.5. The number of urea groups is 1. The molecule has 31 heavy (non-hydrogen) atoms. The van der Waals surface area contributed by atoms with E-state index in [0.29, 0.717) is 34.5 Å². The lowest BCUT2D eigenvalue weighted by Crippen LogP contribution is -2.28. The molecule has 3 aromatic rings. The summed E-state index contributed by atoms with van der Waals surface area (Å²) in [6.07, 6.45) is 3.29. The first-order valence-corrected chi connectivity index (χ1v) is 10.3. The van der Waals surface area contributed by atoms with Crippen molar-refractivity contribution in [3.63, 3.8) is 0 Å². The van der Waals surface area contributed by atoms with E-state index in [1.165, 1.54) is 0 Å². The number of hydrogen-bond acceptors (Lipinski definition) is 4. The second-order valence-electron chi connectivity index (χ2n) is 7.82. The van der Waals surface area contributed by atoms with Gasteiger partial charge in [0.2, 0.25) is 0 Å². The van der Waals surface area contributed by atoms with E-state index in [4.69, 9.17) is 4.98 Å². The molecule has 0 aliphatic rings. The Morgan fingerprint density at radius 1 is 1.10 bits per heavy atom. The zero-order valence-electron chi connectivity index (χ0n) is 18.3. The number of rotatable bonds is 7. The third kappa shape index (κ3) is 5.09. The van der Waals surface area contributed by atoms with Crippen LogP contribution in [0.4, 0.5) is 16.2 Å². The quantitative estimate of drug-likeness (QED) is 0.483. The van der Waals surface area contributed by atoms with Gasteiger partial charge in [0.25, 0.3) is 5.91 Å². The van der Waals surface area contributed by atoms with Crippen molar-refractivity contribution in [2.75, 3.05) is 17.2 Å². The van der Waals surface area contributed by atoms with Crippen molar-refractivity contribution in [3.05, 3.63) is 60.4 Å². The SMILES string of the molecule is C=CCNC(=O)Nc1ccc(NC(=O)c2cc(C(C)C)nc3c2cnn3C(C)C)cc1. The third-order valence-electron chi connectivity index (χ3n) is 4.72. The van der Waals surface area contributed by atoms with Crippen LogP contribution in [0.3, 0.4) is 0 Å². The van der Waals surface area contributed by atoms with Crippen LogP contribution >= 0.6 is 0 Å². The summed E-state index contributed by atoms with van der Waals surface area (Å²) in [7, 11) is 0. The first-order valence-electron chi connectivity index (χ1n) is 10.3. The molecule has 8 heteroatoms. The van der Waals surface area contributed by atoms with Gasteiger partial charge in [0.1, 0.15) is 0 Å². The number of carbonyl (C=O) groups excluding carboxylic acids is 2. The fraction of sp³-hybridized carbons (Fsp3) is 0.304. The smallest absolute Gasteiger partial charge is 0.319 e. The summed E-state index contributed by atoms with van der Waals surface area (Å²) >= 11 is 0. The second kappa shape index (κ2) is 9.42. The van der Waals surface area contributed by atoms with Crippen molar-refractivity contribution in [2.45, 2.75) is 39.7 Å². The van der Waals surface area contributed by atoms with Crippen LogP contribution in [-0.2, 0) is 0 Å². The number of hydrogen-bond donors (Lipinski definition) is 3. The van der Waals surface area contributed by atoms with Gasteiger partial charge >= 0.3 is 6.03 Å². The van der Waals surface area contributed by atoms with Crippen molar-refractivity contribution in [3.8, 4) is 0 Å². The molecule has 3 N–H and O–H groups in total. The fourth-order valence-corrected chi connectivity index (χ4v) is 3.07. The Labute approximate surface area is 181 Å². The maximum atomic E-state index is 13.1. The molecule has 8 nitrogen and oxygen atoms in total. The van der Waals surface area contributed by atoms with E-state index in [2.05, 4.69) is 27.6 Å². The standard InChI is InChI=1S/C23H28N6O2/c1-6-11-24-23(31)27-17-9-7-16(8-10-17)26-22(30)18-12-20(14(2)3)28-21-19(18)13-25-29(21)15(4)5/h6-10,12-15H,1,11H2,2-5H3,(H,26,30)(H2,24,27,31). The van der Waals surface area contributed by atoms with E-state index in [1.807, 2.05) is 38.4 Å². The Bertz CT molecular complexity index is 1100. The van der Waals surface area contributed by atoms with Gasteiger partial charge in [-0.2, -0.15) is 5.10 Å². The molecule has 0 fully saturated rings. The second-order valence-corrected chi connectivity index (χ2v) is 7.82. The lowest BCUT2D eigenvalue weighted by atomic mass is 10.0. The Balaban J connectivity index is 1.83. The molecule has 3 rings (SSSR count). The molecule has 0 atom stereocenters. The molecule has 2 heterocycles. The van der Waals surface area contributed by atoms with Crippen molar-refractivity contribution >= 4 is 34.3 Å². The molecule has 0 aliphatic carbocycles. The summed E-state index contributed by atoms with van der Waals surface area (Å²) in [6, 6.07) is 8.56. The Morgan fingerprint density at radius 3 is 2.32 bits per heavy atom. The number of carbonyl (C=O) groups is 2. The van der Waals surface area contributed by atoms with Gasteiger partial charge in [-0.3, -0.25) is 4.79 Å². The highest BCUT2D eigenvalue weighted by Gasteiger charge is 2.19. The number of anilines is 2. The zero-order valence-corrected chi connectivity index (χ0v) is 18.3. The minimum Gasteiger partial charge on any atom is -0.334 e. The predicted octanol–water partition coefficient (Wildman–Crippen LogP) is 4.70. The molecular weight excluding hydrogens is 392 g/mol. The van der Waals surface area contributed by atoms with E-state index < -0.39 is 0 Å². The van der Waals surface area contributed by atoms with Gasteiger partial charge in [-0.25, -0.2) is 14.5 Å². The van der Waals surface area contributed by atoms with Crippen molar-refractivity contribution in [1.29, 1.82) is 0 Å². The van der Waals surface area contributed by atoms with Gasteiger partial charge in [0.05, 0.1) is 17.1 Å². The third-order valence-corrected chi connectivity index (χ3v) is 4.72. The number of nitrogens with zero attached hydrogens (tertiary/aromatic N) is 3. The predicted molar refractivity (Wildman–Crippen MR) is 124 cm³/mol. The first-order chi connectivity index (χ1) is 14.8. The van der Waals surface area contributed by atoms with Crippen molar-refractivity contribution in [2.24, 2.45) is 0 Å². The van der Waals surface area contributed by atoms with Gasteiger partial charge in [-0.05, 0) is 50.1 Å².